The molecule has 34 heavy (non-hydrogen) atoms. The smallest absolute Gasteiger partial charge is 0.253 e. The van der Waals surface area contributed by atoms with Crippen molar-refractivity contribution in [1.29, 1.82) is 0 Å². The quantitative estimate of drug-likeness (QED) is 0.555. The maximum absolute atomic E-state index is 12.9. The van der Waals surface area contributed by atoms with E-state index in [1.807, 2.05) is 41.3 Å². The fraction of sp³-hybridized carbons (Fsp3) is 0.346. The molecule has 0 bridgehead atoms. The molecule has 2 amide bonds. The average Bonchev–Trinajstić information content (AvgIpc) is 3.64. The van der Waals surface area contributed by atoms with Gasteiger partial charge in [-0.3, -0.25) is 14.5 Å². The maximum atomic E-state index is 12.9. The first-order valence-corrected chi connectivity index (χ1v) is 12.5. The van der Waals surface area contributed by atoms with Crippen LogP contribution in [0.3, 0.4) is 0 Å². The molecule has 1 saturated carbocycles. The monoisotopic (exact) mass is 476 g/mol. The van der Waals surface area contributed by atoms with Crippen LogP contribution in [0.15, 0.2) is 53.9 Å². The Bertz CT molecular complexity index is 1150. The van der Waals surface area contributed by atoms with E-state index in [9.17, 15) is 9.59 Å². The maximum Gasteiger partial charge on any atom is 0.253 e. The van der Waals surface area contributed by atoms with Gasteiger partial charge in [-0.15, -0.1) is 11.3 Å². The van der Waals surface area contributed by atoms with Crippen LogP contribution in [-0.2, 0) is 11.3 Å². The molecule has 2 fully saturated rings. The summed E-state index contributed by atoms with van der Waals surface area (Å²) < 4.78 is 5.23. The molecule has 3 aromatic rings. The van der Waals surface area contributed by atoms with Gasteiger partial charge < -0.3 is 15.0 Å². The summed E-state index contributed by atoms with van der Waals surface area (Å²) in [6.45, 7) is 3.79. The van der Waals surface area contributed by atoms with Crippen LogP contribution in [0.5, 0.6) is 5.75 Å². The zero-order chi connectivity index (χ0) is 23.5. The number of ether oxygens (including phenoxy) is 1. The van der Waals surface area contributed by atoms with Crippen molar-refractivity contribution in [3.63, 3.8) is 0 Å². The lowest BCUT2D eigenvalue weighted by Gasteiger charge is -2.34. The van der Waals surface area contributed by atoms with Gasteiger partial charge in [-0.05, 0) is 61.4 Å². The molecule has 7 nitrogen and oxygen atoms in total. The van der Waals surface area contributed by atoms with Crippen LogP contribution < -0.4 is 10.1 Å². The summed E-state index contributed by atoms with van der Waals surface area (Å²) in [5.74, 6) is 1.11. The molecule has 8 heteroatoms. The van der Waals surface area contributed by atoms with Crippen molar-refractivity contribution in [2.45, 2.75) is 19.4 Å². The lowest BCUT2D eigenvalue weighted by atomic mass is 10.1. The van der Waals surface area contributed by atoms with Crippen molar-refractivity contribution >= 4 is 28.8 Å². The predicted molar refractivity (Wildman–Crippen MR) is 133 cm³/mol. The number of thiazole rings is 1. The SMILES string of the molecule is COc1ccc(-c2nc(CN3CCN(C(=O)c4ccc(NC(=O)C5CC5)cc4)CC3)cs2)cc1. The summed E-state index contributed by atoms with van der Waals surface area (Å²) in [6, 6.07) is 15.2. The Kier molecular flexibility index (Phi) is 6.60. The van der Waals surface area contributed by atoms with E-state index in [4.69, 9.17) is 9.72 Å². The first-order chi connectivity index (χ1) is 16.6. The number of rotatable bonds is 7. The van der Waals surface area contributed by atoms with Crippen molar-refractivity contribution in [1.82, 2.24) is 14.8 Å². The number of nitrogens with zero attached hydrogens (tertiary/aromatic N) is 3. The minimum absolute atomic E-state index is 0.0372. The molecular formula is C26H28N4O3S. The largest absolute Gasteiger partial charge is 0.497 e. The van der Waals surface area contributed by atoms with Gasteiger partial charge in [0, 0.05) is 60.8 Å². The second kappa shape index (κ2) is 9.95. The van der Waals surface area contributed by atoms with E-state index >= 15 is 0 Å². The van der Waals surface area contributed by atoms with Crippen LogP contribution in [0.1, 0.15) is 28.9 Å². The zero-order valence-electron chi connectivity index (χ0n) is 19.2. The fourth-order valence-corrected chi connectivity index (χ4v) is 4.87. The van der Waals surface area contributed by atoms with Gasteiger partial charge in [-0.25, -0.2) is 4.98 Å². The molecular weight excluding hydrogens is 448 g/mol. The third-order valence-corrected chi connectivity index (χ3v) is 7.22. The van der Waals surface area contributed by atoms with E-state index in [2.05, 4.69) is 15.6 Å². The molecule has 1 saturated heterocycles. The lowest BCUT2D eigenvalue weighted by Crippen LogP contribution is -2.48. The minimum atomic E-state index is 0.0372. The topological polar surface area (TPSA) is 74.8 Å². The van der Waals surface area contributed by atoms with Crippen LogP contribution in [0, 0.1) is 5.92 Å². The lowest BCUT2D eigenvalue weighted by molar-refractivity contribution is -0.117. The van der Waals surface area contributed by atoms with Crippen LogP contribution in [0.25, 0.3) is 10.6 Å². The highest BCUT2D eigenvalue weighted by molar-refractivity contribution is 7.13. The van der Waals surface area contributed by atoms with Gasteiger partial charge in [-0.2, -0.15) is 0 Å². The Labute approximate surface area is 203 Å². The molecule has 2 aliphatic rings. The number of carbonyl (C=O) groups excluding carboxylic acids is 2. The van der Waals surface area contributed by atoms with Crippen LogP contribution in [0.2, 0.25) is 0 Å². The fourth-order valence-electron chi connectivity index (χ4n) is 4.05. The second-order valence-corrected chi connectivity index (χ2v) is 9.64. The molecule has 1 N–H and O–H groups in total. The van der Waals surface area contributed by atoms with Crippen molar-refractivity contribution in [2.24, 2.45) is 5.92 Å². The summed E-state index contributed by atoms with van der Waals surface area (Å²) in [6.07, 6.45) is 1.95. The number of amides is 2. The van der Waals surface area contributed by atoms with Crippen molar-refractivity contribution in [3.05, 3.63) is 65.2 Å². The van der Waals surface area contributed by atoms with E-state index in [0.29, 0.717) is 18.7 Å². The molecule has 0 spiro atoms. The zero-order valence-corrected chi connectivity index (χ0v) is 20.0. The molecule has 2 heterocycles. The van der Waals surface area contributed by atoms with Crippen molar-refractivity contribution < 1.29 is 14.3 Å². The van der Waals surface area contributed by atoms with Gasteiger partial charge >= 0.3 is 0 Å². The molecule has 0 radical (unpaired) electrons. The van der Waals surface area contributed by atoms with Crippen molar-refractivity contribution in [3.8, 4) is 16.3 Å². The molecule has 2 aromatic carbocycles. The summed E-state index contributed by atoms with van der Waals surface area (Å²) in [5, 5.41) is 6.03. The third-order valence-electron chi connectivity index (χ3n) is 6.28. The van der Waals surface area contributed by atoms with E-state index in [-0.39, 0.29) is 17.7 Å². The van der Waals surface area contributed by atoms with Crippen LogP contribution in [-0.4, -0.2) is 59.9 Å². The first-order valence-electron chi connectivity index (χ1n) is 11.6. The number of hydrogen-bond donors (Lipinski definition) is 1. The highest BCUT2D eigenvalue weighted by atomic mass is 32.1. The van der Waals surface area contributed by atoms with Gasteiger partial charge in [0.05, 0.1) is 12.8 Å². The first kappa shape index (κ1) is 22.6. The number of piperazine rings is 1. The Hall–Kier alpha value is -3.23. The predicted octanol–water partition coefficient (Wildman–Crippen LogP) is 4.13. The van der Waals surface area contributed by atoms with Crippen LogP contribution in [0.4, 0.5) is 5.69 Å². The minimum Gasteiger partial charge on any atom is -0.497 e. The van der Waals surface area contributed by atoms with Gasteiger partial charge in [0.1, 0.15) is 10.8 Å². The molecule has 0 atom stereocenters. The summed E-state index contributed by atoms with van der Waals surface area (Å²) in [4.78, 5) is 33.9. The Morgan fingerprint density at radius 1 is 1.03 bits per heavy atom. The second-order valence-electron chi connectivity index (χ2n) is 8.78. The number of hydrogen-bond acceptors (Lipinski definition) is 6. The number of anilines is 1. The summed E-state index contributed by atoms with van der Waals surface area (Å²) in [5.41, 5.74) is 3.54. The Morgan fingerprint density at radius 2 is 1.74 bits per heavy atom. The Morgan fingerprint density at radius 3 is 2.38 bits per heavy atom. The molecule has 0 unspecified atom stereocenters. The molecule has 1 aliphatic carbocycles. The number of carbonyl (C=O) groups is 2. The number of benzene rings is 2. The normalized spacial score (nSPS) is 16.3. The van der Waals surface area contributed by atoms with E-state index < -0.39 is 0 Å². The molecule has 1 aliphatic heterocycles. The molecule has 176 valence electrons. The van der Waals surface area contributed by atoms with Crippen molar-refractivity contribution in [2.75, 3.05) is 38.6 Å². The summed E-state index contributed by atoms with van der Waals surface area (Å²) >= 11 is 1.65. The van der Waals surface area contributed by atoms with Gasteiger partial charge in [0.2, 0.25) is 5.91 Å². The molecule has 1 aromatic heterocycles. The van der Waals surface area contributed by atoms with E-state index in [1.165, 1.54) is 0 Å². The number of aromatic nitrogens is 1. The van der Waals surface area contributed by atoms with Gasteiger partial charge in [0.25, 0.3) is 5.91 Å². The Balaban J connectivity index is 1.12. The highest BCUT2D eigenvalue weighted by Crippen LogP contribution is 2.30. The van der Waals surface area contributed by atoms with E-state index in [1.54, 1.807) is 30.6 Å². The average molecular weight is 477 g/mol. The summed E-state index contributed by atoms with van der Waals surface area (Å²) in [7, 11) is 1.66. The van der Waals surface area contributed by atoms with Gasteiger partial charge in [0.15, 0.2) is 0 Å². The third kappa shape index (κ3) is 5.29. The van der Waals surface area contributed by atoms with E-state index in [0.717, 1.165) is 60.2 Å². The number of nitrogens with one attached hydrogen (secondary N) is 1. The molecule has 5 rings (SSSR count). The van der Waals surface area contributed by atoms with Gasteiger partial charge in [-0.1, -0.05) is 0 Å². The highest BCUT2D eigenvalue weighted by Gasteiger charge is 2.29. The van der Waals surface area contributed by atoms with Crippen LogP contribution >= 0.6 is 11.3 Å². The standard InChI is InChI=1S/C26H28N4O3S/c1-33-23-10-6-19(7-11-23)25-28-22(17-34-25)16-29-12-14-30(15-13-29)26(32)20-4-8-21(9-5-20)27-24(31)18-2-3-18/h4-11,17-18H,2-3,12-16H2,1H3,(H,27,31). The number of methoxy groups -OCH3 is 1.